The van der Waals surface area contributed by atoms with Crippen molar-refractivity contribution in [2.24, 2.45) is 0 Å². The van der Waals surface area contributed by atoms with Crippen molar-refractivity contribution in [3.05, 3.63) is 27.7 Å². The van der Waals surface area contributed by atoms with Gasteiger partial charge in [0.25, 0.3) is 12.0 Å². The summed E-state index contributed by atoms with van der Waals surface area (Å²) in [5.74, 6) is -1.29. The lowest BCUT2D eigenvalue weighted by Gasteiger charge is -2.11. The molecule has 1 aromatic heterocycles. The number of aromatic nitrogens is 1. The van der Waals surface area contributed by atoms with E-state index >= 15 is 0 Å². The maximum absolute atomic E-state index is 12.7. The van der Waals surface area contributed by atoms with Crippen molar-refractivity contribution in [1.29, 1.82) is 0 Å². The monoisotopic (exact) mass is 247 g/mol. The molecule has 7 heteroatoms. The number of rotatable bonds is 4. The van der Waals surface area contributed by atoms with Gasteiger partial charge in [0, 0.05) is 6.20 Å². The molecule has 0 aliphatic heterocycles. The van der Waals surface area contributed by atoms with E-state index in [2.05, 4.69) is 9.47 Å². The minimum atomic E-state index is -3.04. The Balaban J connectivity index is 3.38. The van der Waals surface area contributed by atoms with E-state index in [4.69, 9.17) is 0 Å². The van der Waals surface area contributed by atoms with Crippen molar-refractivity contribution in [3.8, 4) is 5.75 Å². The summed E-state index contributed by atoms with van der Waals surface area (Å²) >= 11 is 0. The lowest BCUT2D eigenvalue weighted by molar-refractivity contribution is 0.0521. The SMILES string of the molecule is CCOC(=O)c1c[nH]c(=O)c(C(F)F)c1OC. The highest BCUT2D eigenvalue weighted by atomic mass is 19.3. The number of methoxy groups -OCH3 is 1. The van der Waals surface area contributed by atoms with E-state index in [0.29, 0.717) is 0 Å². The van der Waals surface area contributed by atoms with Gasteiger partial charge in [0.1, 0.15) is 16.9 Å². The first kappa shape index (κ1) is 13.1. The van der Waals surface area contributed by atoms with Crippen LogP contribution in [0.1, 0.15) is 29.3 Å². The predicted molar refractivity (Wildman–Crippen MR) is 54.5 cm³/mol. The minimum Gasteiger partial charge on any atom is -0.495 e. The Hall–Kier alpha value is -1.92. The number of hydrogen-bond donors (Lipinski definition) is 1. The van der Waals surface area contributed by atoms with Crippen molar-refractivity contribution < 1.29 is 23.0 Å². The Morgan fingerprint density at radius 2 is 2.18 bits per heavy atom. The van der Waals surface area contributed by atoms with Gasteiger partial charge in [-0.25, -0.2) is 13.6 Å². The Kier molecular flexibility index (Phi) is 4.19. The molecule has 0 atom stereocenters. The van der Waals surface area contributed by atoms with Crippen LogP contribution in [0.4, 0.5) is 8.78 Å². The predicted octanol–water partition coefficient (Wildman–Crippen LogP) is 1.50. The van der Waals surface area contributed by atoms with Gasteiger partial charge < -0.3 is 14.5 Å². The van der Waals surface area contributed by atoms with Crippen molar-refractivity contribution in [1.82, 2.24) is 4.98 Å². The van der Waals surface area contributed by atoms with Crippen LogP contribution in [0, 0.1) is 0 Å². The van der Waals surface area contributed by atoms with E-state index in [9.17, 15) is 18.4 Å². The van der Waals surface area contributed by atoms with Crippen LogP contribution >= 0.6 is 0 Å². The molecule has 1 N–H and O–H groups in total. The third-order valence-electron chi connectivity index (χ3n) is 2.00. The molecule has 0 bridgehead atoms. The molecule has 0 fully saturated rings. The van der Waals surface area contributed by atoms with Gasteiger partial charge in [0.15, 0.2) is 0 Å². The standard InChI is InChI=1S/C10H11F2NO4/c1-3-17-10(15)5-4-13-9(14)6(8(11)12)7(5)16-2/h4,8H,3H2,1-2H3,(H,13,14). The lowest BCUT2D eigenvalue weighted by atomic mass is 10.1. The van der Waals surface area contributed by atoms with Crippen molar-refractivity contribution >= 4 is 5.97 Å². The van der Waals surface area contributed by atoms with Crippen molar-refractivity contribution in [2.75, 3.05) is 13.7 Å². The van der Waals surface area contributed by atoms with Crippen LogP contribution in [0.2, 0.25) is 0 Å². The number of pyridine rings is 1. The number of alkyl halides is 2. The summed E-state index contributed by atoms with van der Waals surface area (Å²) < 4.78 is 34.6. The average Bonchev–Trinajstić information content (AvgIpc) is 2.27. The first-order valence-corrected chi connectivity index (χ1v) is 4.77. The second-order valence-corrected chi connectivity index (χ2v) is 3.00. The normalized spacial score (nSPS) is 10.4. The molecule has 1 aromatic rings. The molecule has 0 radical (unpaired) electrons. The number of carbonyl (C=O) groups excluding carboxylic acids is 1. The molecule has 5 nitrogen and oxygen atoms in total. The van der Waals surface area contributed by atoms with E-state index < -0.39 is 29.3 Å². The number of halogens is 2. The number of ether oxygens (including phenoxy) is 2. The molecule has 94 valence electrons. The molecule has 0 saturated carbocycles. The van der Waals surface area contributed by atoms with Gasteiger partial charge in [-0.15, -0.1) is 0 Å². The summed E-state index contributed by atoms with van der Waals surface area (Å²) in [7, 11) is 1.10. The average molecular weight is 247 g/mol. The molecule has 0 unspecified atom stereocenters. The third kappa shape index (κ3) is 2.61. The number of aromatic amines is 1. The van der Waals surface area contributed by atoms with E-state index in [1.807, 2.05) is 4.98 Å². The van der Waals surface area contributed by atoms with Crippen LogP contribution in [-0.4, -0.2) is 24.7 Å². The van der Waals surface area contributed by atoms with Gasteiger partial charge in [-0.3, -0.25) is 4.79 Å². The quantitative estimate of drug-likeness (QED) is 0.818. The highest BCUT2D eigenvalue weighted by Crippen LogP contribution is 2.28. The van der Waals surface area contributed by atoms with Crippen LogP contribution in [-0.2, 0) is 4.74 Å². The highest BCUT2D eigenvalue weighted by Gasteiger charge is 2.25. The second kappa shape index (κ2) is 5.42. The van der Waals surface area contributed by atoms with Crippen molar-refractivity contribution in [2.45, 2.75) is 13.3 Å². The van der Waals surface area contributed by atoms with Gasteiger partial charge >= 0.3 is 5.97 Å². The summed E-state index contributed by atoms with van der Waals surface area (Å²) in [6, 6.07) is 0. The zero-order valence-corrected chi connectivity index (χ0v) is 9.25. The molecular formula is C10H11F2NO4. The number of carbonyl (C=O) groups is 1. The van der Waals surface area contributed by atoms with Crippen molar-refractivity contribution in [3.63, 3.8) is 0 Å². The number of esters is 1. The molecule has 0 saturated heterocycles. The van der Waals surface area contributed by atoms with Gasteiger partial charge in [0.05, 0.1) is 13.7 Å². The summed E-state index contributed by atoms with van der Waals surface area (Å²) in [4.78, 5) is 24.7. The topological polar surface area (TPSA) is 68.4 Å². The van der Waals surface area contributed by atoms with Crippen LogP contribution in [0.25, 0.3) is 0 Å². The van der Waals surface area contributed by atoms with E-state index in [1.165, 1.54) is 0 Å². The lowest BCUT2D eigenvalue weighted by Crippen LogP contribution is -2.18. The fourth-order valence-electron chi connectivity index (χ4n) is 1.31. The molecule has 1 rings (SSSR count). The summed E-state index contributed by atoms with van der Waals surface area (Å²) in [6.07, 6.45) is -2.05. The largest absolute Gasteiger partial charge is 0.495 e. The first-order chi connectivity index (χ1) is 8.02. The molecule has 0 amide bonds. The zero-order chi connectivity index (χ0) is 13.0. The smallest absolute Gasteiger partial charge is 0.343 e. The highest BCUT2D eigenvalue weighted by molar-refractivity contribution is 5.92. The Morgan fingerprint density at radius 1 is 1.53 bits per heavy atom. The van der Waals surface area contributed by atoms with Crippen LogP contribution in [0.5, 0.6) is 5.75 Å². The van der Waals surface area contributed by atoms with E-state index in [0.717, 1.165) is 13.3 Å². The first-order valence-electron chi connectivity index (χ1n) is 4.77. The number of H-pyrrole nitrogens is 1. The molecule has 0 aliphatic carbocycles. The van der Waals surface area contributed by atoms with E-state index in [1.54, 1.807) is 6.92 Å². The summed E-state index contributed by atoms with van der Waals surface area (Å²) in [5.41, 5.74) is -2.10. The second-order valence-electron chi connectivity index (χ2n) is 3.00. The number of hydrogen-bond acceptors (Lipinski definition) is 4. The zero-order valence-electron chi connectivity index (χ0n) is 9.25. The molecule has 1 heterocycles. The van der Waals surface area contributed by atoms with Gasteiger partial charge in [-0.05, 0) is 6.92 Å². The molecule has 0 aliphatic rings. The molecular weight excluding hydrogens is 236 g/mol. The Bertz CT molecular complexity index is 470. The van der Waals surface area contributed by atoms with Gasteiger partial charge in [0.2, 0.25) is 0 Å². The summed E-state index contributed by atoms with van der Waals surface area (Å²) in [6.45, 7) is 1.66. The minimum absolute atomic E-state index is 0.0884. The Labute approximate surface area is 95.4 Å². The summed E-state index contributed by atoms with van der Waals surface area (Å²) in [5, 5.41) is 0. The van der Waals surface area contributed by atoms with Crippen LogP contribution < -0.4 is 10.3 Å². The molecule has 17 heavy (non-hydrogen) atoms. The molecule has 0 spiro atoms. The van der Waals surface area contributed by atoms with E-state index in [-0.39, 0.29) is 12.2 Å². The third-order valence-corrected chi connectivity index (χ3v) is 2.00. The maximum Gasteiger partial charge on any atom is 0.343 e. The van der Waals surface area contributed by atoms with Gasteiger partial charge in [-0.2, -0.15) is 0 Å². The fraction of sp³-hybridized carbons (Fsp3) is 0.400. The maximum atomic E-state index is 12.7. The number of nitrogens with one attached hydrogen (secondary N) is 1. The Morgan fingerprint density at radius 3 is 2.65 bits per heavy atom. The van der Waals surface area contributed by atoms with Gasteiger partial charge in [-0.1, -0.05) is 0 Å². The van der Waals surface area contributed by atoms with Crippen LogP contribution in [0.3, 0.4) is 0 Å². The fourth-order valence-corrected chi connectivity index (χ4v) is 1.31. The molecule has 0 aromatic carbocycles. The van der Waals surface area contributed by atoms with Crippen LogP contribution in [0.15, 0.2) is 11.0 Å².